The molecule has 1 unspecified atom stereocenters. The van der Waals surface area contributed by atoms with E-state index in [4.69, 9.17) is 0 Å². The van der Waals surface area contributed by atoms with Crippen molar-refractivity contribution in [1.82, 2.24) is 0 Å². The molecule has 0 fully saturated rings. The van der Waals surface area contributed by atoms with Gasteiger partial charge in [-0.2, -0.15) is 0 Å². The molecule has 0 aliphatic heterocycles. The zero-order chi connectivity index (χ0) is 21.1. The zero-order valence-corrected chi connectivity index (χ0v) is 17.2. The summed E-state index contributed by atoms with van der Waals surface area (Å²) in [7, 11) is 0. The number of benzene rings is 2. The summed E-state index contributed by atoms with van der Waals surface area (Å²) in [5, 5.41) is 29.4. The summed E-state index contributed by atoms with van der Waals surface area (Å²) in [4.78, 5) is 0. The van der Waals surface area contributed by atoms with E-state index in [9.17, 15) is 15.3 Å². The first-order chi connectivity index (χ1) is 14.0. The standard InChI is InChI=1S/C26H30O3/c1-3-5-6-15-26(29,4-2)16-14-22-9-7-8-21(17-22)10-11-23-12-13-24(19-27)25(18-23)20-28/h3,5-9,12-13,15,17-18,27-29H,4,14,16,19-20H2,1-2H3. The van der Waals surface area contributed by atoms with Gasteiger partial charge in [0.1, 0.15) is 0 Å². The average Bonchev–Trinajstić information content (AvgIpc) is 2.76. The summed E-state index contributed by atoms with van der Waals surface area (Å²) in [6.45, 7) is 3.72. The van der Waals surface area contributed by atoms with Crippen LogP contribution < -0.4 is 0 Å². The van der Waals surface area contributed by atoms with Gasteiger partial charge >= 0.3 is 0 Å². The van der Waals surface area contributed by atoms with Crippen molar-refractivity contribution in [3.63, 3.8) is 0 Å². The first-order valence-corrected chi connectivity index (χ1v) is 10.0. The third-order valence-corrected chi connectivity index (χ3v) is 4.99. The van der Waals surface area contributed by atoms with Crippen LogP contribution in [0.3, 0.4) is 0 Å². The molecule has 0 saturated heterocycles. The van der Waals surface area contributed by atoms with Crippen LogP contribution in [0.5, 0.6) is 0 Å². The predicted molar refractivity (Wildman–Crippen MR) is 118 cm³/mol. The lowest BCUT2D eigenvalue weighted by Gasteiger charge is -2.22. The fourth-order valence-electron chi connectivity index (χ4n) is 3.04. The van der Waals surface area contributed by atoms with Crippen molar-refractivity contribution in [2.75, 3.05) is 0 Å². The molecule has 0 aliphatic rings. The lowest BCUT2D eigenvalue weighted by molar-refractivity contribution is 0.0778. The molecule has 2 aromatic rings. The average molecular weight is 391 g/mol. The molecule has 3 nitrogen and oxygen atoms in total. The Morgan fingerprint density at radius 2 is 1.66 bits per heavy atom. The Labute approximate surface area is 174 Å². The van der Waals surface area contributed by atoms with Gasteiger partial charge in [-0.05, 0) is 67.1 Å². The molecule has 0 radical (unpaired) electrons. The number of aryl methyl sites for hydroxylation is 1. The minimum absolute atomic E-state index is 0.0975. The second-order valence-corrected chi connectivity index (χ2v) is 7.09. The molecular formula is C26H30O3. The van der Waals surface area contributed by atoms with E-state index in [1.54, 1.807) is 12.1 Å². The highest BCUT2D eigenvalue weighted by molar-refractivity contribution is 5.46. The first kappa shape index (κ1) is 22.6. The Hall–Kier alpha value is -2.64. The van der Waals surface area contributed by atoms with Crippen LogP contribution in [0.2, 0.25) is 0 Å². The maximum absolute atomic E-state index is 10.7. The third-order valence-electron chi connectivity index (χ3n) is 4.99. The molecule has 29 heavy (non-hydrogen) atoms. The number of hydrogen-bond acceptors (Lipinski definition) is 3. The second-order valence-electron chi connectivity index (χ2n) is 7.09. The van der Waals surface area contributed by atoms with Gasteiger partial charge in [0, 0.05) is 11.1 Å². The molecule has 0 aromatic heterocycles. The summed E-state index contributed by atoms with van der Waals surface area (Å²) in [5.74, 6) is 6.28. The highest BCUT2D eigenvalue weighted by atomic mass is 16.3. The van der Waals surface area contributed by atoms with Crippen LogP contribution in [0.15, 0.2) is 66.8 Å². The zero-order valence-electron chi connectivity index (χ0n) is 17.2. The van der Waals surface area contributed by atoms with Crippen molar-refractivity contribution >= 4 is 0 Å². The summed E-state index contributed by atoms with van der Waals surface area (Å²) in [5.41, 5.74) is 3.44. The smallest absolute Gasteiger partial charge is 0.0831 e. The highest BCUT2D eigenvalue weighted by Gasteiger charge is 2.20. The van der Waals surface area contributed by atoms with Crippen molar-refractivity contribution in [3.8, 4) is 11.8 Å². The maximum Gasteiger partial charge on any atom is 0.0831 e. The number of hydrogen-bond donors (Lipinski definition) is 3. The van der Waals surface area contributed by atoms with E-state index in [0.29, 0.717) is 24.0 Å². The van der Waals surface area contributed by atoms with Crippen molar-refractivity contribution in [2.45, 2.75) is 51.9 Å². The van der Waals surface area contributed by atoms with Crippen LogP contribution in [-0.2, 0) is 19.6 Å². The number of aliphatic hydroxyl groups is 3. The largest absolute Gasteiger partial charge is 0.392 e. The van der Waals surface area contributed by atoms with Gasteiger partial charge in [0.2, 0.25) is 0 Å². The fraction of sp³-hybridized carbons (Fsp3) is 0.308. The molecule has 3 heteroatoms. The highest BCUT2D eigenvalue weighted by Crippen LogP contribution is 2.21. The van der Waals surface area contributed by atoms with Gasteiger partial charge in [-0.1, -0.05) is 61.3 Å². The molecule has 0 bridgehead atoms. The molecule has 0 spiro atoms. The number of allylic oxidation sites excluding steroid dienone is 3. The van der Waals surface area contributed by atoms with E-state index < -0.39 is 5.60 Å². The third kappa shape index (κ3) is 7.03. The van der Waals surface area contributed by atoms with Gasteiger partial charge in [0.15, 0.2) is 0 Å². The van der Waals surface area contributed by atoms with Gasteiger partial charge < -0.3 is 15.3 Å². The Bertz CT molecular complexity index is 915. The van der Waals surface area contributed by atoms with E-state index in [0.717, 1.165) is 23.1 Å². The summed E-state index contributed by atoms with van der Waals surface area (Å²) >= 11 is 0. The number of rotatable bonds is 8. The Kier molecular flexibility index (Phi) is 8.89. The summed E-state index contributed by atoms with van der Waals surface area (Å²) < 4.78 is 0. The first-order valence-electron chi connectivity index (χ1n) is 10.0. The minimum Gasteiger partial charge on any atom is -0.392 e. The van der Waals surface area contributed by atoms with E-state index in [1.807, 2.05) is 62.4 Å². The molecule has 0 amide bonds. The van der Waals surface area contributed by atoms with Gasteiger partial charge in [-0.3, -0.25) is 0 Å². The van der Waals surface area contributed by atoms with Crippen LogP contribution in [0.25, 0.3) is 0 Å². The van der Waals surface area contributed by atoms with Crippen LogP contribution in [-0.4, -0.2) is 20.9 Å². The van der Waals surface area contributed by atoms with E-state index >= 15 is 0 Å². The molecule has 3 N–H and O–H groups in total. The molecule has 152 valence electrons. The topological polar surface area (TPSA) is 60.7 Å². The van der Waals surface area contributed by atoms with Gasteiger partial charge in [0.05, 0.1) is 18.8 Å². The van der Waals surface area contributed by atoms with Crippen LogP contribution >= 0.6 is 0 Å². The lowest BCUT2D eigenvalue weighted by Crippen LogP contribution is -2.25. The van der Waals surface area contributed by atoms with Crippen LogP contribution in [0.1, 0.15) is 54.5 Å². The predicted octanol–water partition coefficient (Wildman–Crippen LogP) is 4.28. The Morgan fingerprint density at radius 1 is 0.931 bits per heavy atom. The number of aliphatic hydroxyl groups excluding tert-OH is 2. The molecular weight excluding hydrogens is 360 g/mol. The van der Waals surface area contributed by atoms with Crippen molar-refractivity contribution in [3.05, 3.63) is 94.6 Å². The minimum atomic E-state index is -0.809. The molecule has 1 atom stereocenters. The van der Waals surface area contributed by atoms with E-state index in [-0.39, 0.29) is 13.2 Å². The van der Waals surface area contributed by atoms with Crippen molar-refractivity contribution in [2.24, 2.45) is 0 Å². The molecule has 0 heterocycles. The quantitative estimate of drug-likeness (QED) is 0.466. The Balaban J connectivity index is 2.12. The summed E-state index contributed by atoms with van der Waals surface area (Å²) in [6.07, 6.45) is 9.70. The van der Waals surface area contributed by atoms with E-state index in [1.165, 1.54) is 0 Å². The van der Waals surface area contributed by atoms with Crippen LogP contribution in [0, 0.1) is 11.8 Å². The van der Waals surface area contributed by atoms with Crippen molar-refractivity contribution in [1.29, 1.82) is 0 Å². The fourth-order valence-corrected chi connectivity index (χ4v) is 3.04. The Morgan fingerprint density at radius 3 is 2.31 bits per heavy atom. The SMILES string of the molecule is CC=CC=CC(O)(CC)CCc1cccc(C#Cc2ccc(CO)c(CO)c2)c1. The monoisotopic (exact) mass is 390 g/mol. The molecule has 2 aromatic carbocycles. The normalized spacial score (nSPS) is 13.4. The lowest BCUT2D eigenvalue weighted by atomic mass is 9.91. The maximum atomic E-state index is 10.7. The van der Waals surface area contributed by atoms with Gasteiger partial charge in [-0.15, -0.1) is 0 Å². The van der Waals surface area contributed by atoms with Gasteiger partial charge in [0.25, 0.3) is 0 Å². The van der Waals surface area contributed by atoms with Crippen molar-refractivity contribution < 1.29 is 15.3 Å². The van der Waals surface area contributed by atoms with Gasteiger partial charge in [-0.25, -0.2) is 0 Å². The second kappa shape index (κ2) is 11.4. The molecule has 0 aliphatic carbocycles. The van der Waals surface area contributed by atoms with Crippen LogP contribution in [0.4, 0.5) is 0 Å². The summed E-state index contributed by atoms with van der Waals surface area (Å²) in [6, 6.07) is 13.5. The molecule has 2 rings (SSSR count). The molecule has 0 saturated carbocycles. The van der Waals surface area contributed by atoms with E-state index in [2.05, 4.69) is 17.9 Å².